The van der Waals surface area contributed by atoms with Crippen molar-refractivity contribution in [2.75, 3.05) is 12.4 Å². The number of hydrogen-bond donors (Lipinski definition) is 1. The number of ether oxygens (including phenoxy) is 1. The zero-order valence-corrected chi connectivity index (χ0v) is 18.1. The number of carbonyl (C=O) groups is 1. The zero-order chi connectivity index (χ0) is 18.8. The fourth-order valence-electron chi connectivity index (χ4n) is 4.52. The Morgan fingerprint density at radius 1 is 1.26 bits per heavy atom. The summed E-state index contributed by atoms with van der Waals surface area (Å²) in [6.07, 6.45) is 5.46. The quantitative estimate of drug-likeness (QED) is 0.664. The van der Waals surface area contributed by atoms with Crippen molar-refractivity contribution in [1.29, 1.82) is 0 Å². The predicted molar refractivity (Wildman–Crippen MR) is 112 cm³/mol. The number of hydrogen-bond acceptors (Lipinski definition) is 2. The number of benzene rings is 2. The SMILES string of the molecule is COc1cccc2c1CCC[C@H]2C[As](C)CCc1ccc2c(c1)CC(=O)N2. The Labute approximate surface area is 166 Å². The van der Waals surface area contributed by atoms with Crippen LogP contribution < -0.4 is 10.1 Å². The molecule has 1 amide bonds. The molecule has 2 aromatic carbocycles. The summed E-state index contributed by atoms with van der Waals surface area (Å²) in [6, 6.07) is 13.1. The van der Waals surface area contributed by atoms with E-state index in [1.165, 1.54) is 39.9 Å². The Balaban J connectivity index is 1.38. The van der Waals surface area contributed by atoms with Gasteiger partial charge in [0.15, 0.2) is 0 Å². The van der Waals surface area contributed by atoms with E-state index in [4.69, 9.17) is 4.74 Å². The molecule has 0 spiro atoms. The average Bonchev–Trinajstić information content (AvgIpc) is 3.05. The van der Waals surface area contributed by atoms with E-state index in [1.54, 1.807) is 12.7 Å². The normalized spacial score (nSPS) is 19.2. The first kappa shape index (κ1) is 18.6. The summed E-state index contributed by atoms with van der Waals surface area (Å²) in [4.78, 5) is 11.5. The number of amides is 1. The molecule has 2 aromatic rings. The van der Waals surface area contributed by atoms with E-state index in [2.05, 4.69) is 47.4 Å². The monoisotopic (exact) mass is 425 g/mol. The molecule has 1 heterocycles. The standard InChI is InChI=1S/C23H28AsNO2/c1-24(12-11-16-9-10-21-18(13-16)14-23(26)25-21)15-17-5-3-7-20-19(17)6-4-8-22(20)27-2/h4,6,8-10,13,17H,3,5,7,11-12,14-15H2,1-2H3,(H,25,26)/t17-,24?/m0/s1. The van der Waals surface area contributed by atoms with E-state index in [0.29, 0.717) is 6.42 Å². The molecule has 2 aliphatic rings. The van der Waals surface area contributed by atoms with E-state index >= 15 is 0 Å². The number of carbonyl (C=O) groups excluding carboxylic acids is 1. The fraction of sp³-hybridized carbons (Fsp3) is 0.435. The third-order valence-corrected chi connectivity index (χ3v) is 10.2. The van der Waals surface area contributed by atoms with Gasteiger partial charge in [0.25, 0.3) is 0 Å². The van der Waals surface area contributed by atoms with Crippen molar-refractivity contribution in [3.8, 4) is 5.75 Å². The molecule has 0 saturated heterocycles. The van der Waals surface area contributed by atoms with Crippen molar-refractivity contribution >= 4 is 26.2 Å². The Hall–Kier alpha value is -1.73. The minimum absolute atomic E-state index is 0.122. The van der Waals surface area contributed by atoms with Crippen LogP contribution in [0.3, 0.4) is 0 Å². The van der Waals surface area contributed by atoms with Crippen molar-refractivity contribution in [2.24, 2.45) is 0 Å². The van der Waals surface area contributed by atoms with Crippen LogP contribution in [0.5, 0.6) is 5.75 Å². The topological polar surface area (TPSA) is 38.3 Å². The molecule has 0 aromatic heterocycles. The summed E-state index contributed by atoms with van der Waals surface area (Å²) in [5.74, 6) is 1.92. The molecule has 0 saturated carbocycles. The molecule has 4 heteroatoms. The van der Waals surface area contributed by atoms with Gasteiger partial charge in [-0.1, -0.05) is 0 Å². The molecule has 0 radical (unpaired) electrons. The number of aryl methyl sites for hydroxylation is 1. The fourth-order valence-corrected chi connectivity index (χ4v) is 8.62. The van der Waals surface area contributed by atoms with Crippen molar-refractivity contribution in [3.63, 3.8) is 0 Å². The van der Waals surface area contributed by atoms with Gasteiger partial charge in [-0.2, -0.15) is 0 Å². The van der Waals surface area contributed by atoms with Crippen molar-refractivity contribution in [3.05, 3.63) is 58.7 Å². The number of rotatable bonds is 6. The minimum atomic E-state index is -0.859. The third kappa shape index (κ3) is 4.09. The first-order chi connectivity index (χ1) is 13.1. The first-order valence-corrected chi connectivity index (χ1v) is 14.4. The summed E-state index contributed by atoms with van der Waals surface area (Å²) < 4.78 is 5.60. The Bertz CT molecular complexity index is 848. The molecule has 27 heavy (non-hydrogen) atoms. The van der Waals surface area contributed by atoms with Crippen LogP contribution in [0.15, 0.2) is 36.4 Å². The van der Waals surface area contributed by atoms with Crippen LogP contribution >= 0.6 is 0 Å². The summed E-state index contributed by atoms with van der Waals surface area (Å²) in [7, 11) is 1.79. The van der Waals surface area contributed by atoms with Gasteiger partial charge in [-0.05, 0) is 0 Å². The van der Waals surface area contributed by atoms with Gasteiger partial charge in [0.05, 0.1) is 0 Å². The summed E-state index contributed by atoms with van der Waals surface area (Å²) in [6.45, 7) is 0. The Morgan fingerprint density at radius 2 is 2.15 bits per heavy atom. The Morgan fingerprint density at radius 3 is 3.00 bits per heavy atom. The van der Waals surface area contributed by atoms with E-state index in [-0.39, 0.29) is 5.91 Å². The van der Waals surface area contributed by atoms with Crippen molar-refractivity contribution < 1.29 is 9.53 Å². The van der Waals surface area contributed by atoms with Gasteiger partial charge in [-0.15, -0.1) is 0 Å². The van der Waals surface area contributed by atoms with Crippen molar-refractivity contribution in [2.45, 2.75) is 54.2 Å². The second-order valence-electron chi connectivity index (χ2n) is 7.85. The van der Waals surface area contributed by atoms with E-state index in [0.717, 1.165) is 30.2 Å². The van der Waals surface area contributed by atoms with Gasteiger partial charge in [-0.3, -0.25) is 0 Å². The van der Waals surface area contributed by atoms with E-state index in [1.807, 2.05) is 0 Å². The summed E-state index contributed by atoms with van der Waals surface area (Å²) in [5.41, 5.74) is 9.08. The van der Waals surface area contributed by atoms with Crippen LogP contribution in [0.1, 0.15) is 41.0 Å². The molecule has 0 fully saturated rings. The van der Waals surface area contributed by atoms with Crippen LogP contribution in [0.25, 0.3) is 0 Å². The number of nitrogens with one attached hydrogen (secondary N) is 1. The van der Waals surface area contributed by atoms with Crippen LogP contribution in [0, 0.1) is 0 Å². The van der Waals surface area contributed by atoms with Crippen molar-refractivity contribution in [1.82, 2.24) is 0 Å². The molecule has 2 atom stereocenters. The second-order valence-corrected chi connectivity index (χ2v) is 13.1. The molecule has 3 nitrogen and oxygen atoms in total. The van der Waals surface area contributed by atoms with Gasteiger partial charge in [-0.25, -0.2) is 0 Å². The molecular weight excluding hydrogens is 397 g/mol. The maximum atomic E-state index is 11.5. The molecule has 4 rings (SSSR count). The van der Waals surface area contributed by atoms with Gasteiger partial charge in [0.1, 0.15) is 0 Å². The van der Waals surface area contributed by atoms with E-state index in [9.17, 15) is 4.79 Å². The summed E-state index contributed by atoms with van der Waals surface area (Å²) >= 11 is -0.859. The van der Waals surface area contributed by atoms with Gasteiger partial charge in [0.2, 0.25) is 0 Å². The molecule has 142 valence electrons. The van der Waals surface area contributed by atoms with Gasteiger partial charge < -0.3 is 0 Å². The maximum absolute atomic E-state index is 11.5. The Kier molecular flexibility index (Phi) is 5.59. The molecule has 0 bridgehead atoms. The summed E-state index contributed by atoms with van der Waals surface area (Å²) in [5, 5.41) is 5.65. The number of anilines is 1. The van der Waals surface area contributed by atoms with E-state index < -0.39 is 14.7 Å². The molecule has 1 unspecified atom stereocenters. The predicted octanol–water partition coefficient (Wildman–Crippen LogP) is 4.98. The molecule has 1 aliphatic carbocycles. The zero-order valence-electron chi connectivity index (χ0n) is 16.3. The third-order valence-electron chi connectivity index (χ3n) is 5.92. The number of fused-ring (bicyclic) bond motifs is 2. The first-order valence-electron chi connectivity index (χ1n) is 9.90. The molecule has 1 N–H and O–H groups in total. The number of methoxy groups -OCH3 is 1. The van der Waals surface area contributed by atoms with Crippen LogP contribution in [-0.4, -0.2) is 27.7 Å². The molecular formula is C23H28AsNO2. The van der Waals surface area contributed by atoms with Crippen LogP contribution in [0.4, 0.5) is 5.69 Å². The second kappa shape index (κ2) is 8.10. The van der Waals surface area contributed by atoms with Crippen LogP contribution in [0.2, 0.25) is 16.1 Å². The van der Waals surface area contributed by atoms with Gasteiger partial charge >= 0.3 is 167 Å². The molecule has 1 aliphatic heterocycles. The van der Waals surface area contributed by atoms with Gasteiger partial charge in [0, 0.05) is 0 Å². The van der Waals surface area contributed by atoms with Crippen LogP contribution in [-0.2, 0) is 24.1 Å². The average molecular weight is 425 g/mol.